The number of nitrogens with one attached hydrogen (secondary N) is 1. The Morgan fingerprint density at radius 1 is 1.23 bits per heavy atom. The molecule has 3 heterocycles. The Labute approximate surface area is 183 Å². The molecule has 31 heavy (non-hydrogen) atoms. The second-order valence-electron chi connectivity index (χ2n) is 8.19. The lowest BCUT2D eigenvalue weighted by Gasteiger charge is -2.25. The molecule has 1 saturated heterocycles. The highest BCUT2D eigenvalue weighted by molar-refractivity contribution is 7.89. The summed E-state index contributed by atoms with van der Waals surface area (Å²) < 4.78 is 28.6. The average Bonchev–Trinajstić information content (AvgIpc) is 3.33. The van der Waals surface area contributed by atoms with Crippen LogP contribution in [0.2, 0.25) is 0 Å². The Morgan fingerprint density at radius 3 is 2.71 bits per heavy atom. The number of sulfonamides is 1. The zero-order valence-corrected chi connectivity index (χ0v) is 19.1. The molecular formula is C21H28N6O3S. The minimum absolute atomic E-state index is 0.0328. The molecular weight excluding hydrogens is 416 g/mol. The lowest BCUT2D eigenvalue weighted by molar-refractivity contribution is -0.117. The first-order valence-corrected chi connectivity index (χ1v) is 11.8. The number of carbonyl (C=O) groups excluding carboxylic acids is 1. The first kappa shape index (κ1) is 21.7. The van der Waals surface area contributed by atoms with Gasteiger partial charge in [-0.05, 0) is 43.7 Å². The molecule has 1 amide bonds. The van der Waals surface area contributed by atoms with Gasteiger partial charge in [0, 0.05) is 46.0 Å². The molecule has 2 aliphatic rings. The first-order valence-electron chi connectivity index (χ1n) is 10.3. The highest BCUT2D eigenvalue weighted by Gasteiger charge is 2.39. The van der Waals surface area contributed by atoms with Crippen molar-refractivity contribution in [2.24, 2.45) is 0 Å². The zero-order chi connectivity index (χ0) is 22.3. The summed E-state index contributed by atoms with van der Waals surface area (Å²) in [4.78, 5) is 25.0. The van der Waals surface area contributed by atoms with Gasteiger partial charge in [0.15, 0.2) is 0 Å². The molecule has 1 fully saturated rings. The van der Waals surface area contributed by atoms with Gasteiger partial charge in [-0.1, -0.05) is 0 Å². The van der Waals surface area contributed by atoms with Gasteiger partial charge in [-0.15, -0.1) is 0 Å². The third-order valence-electron chi connectivity index (χ3n) is 5.84. The Bertz CT molecular complexity index is 1120. The van der Waals surface area contributed by atoms with E-state index in [-0.39, 0.29) is 17.2 Å². The minimum Gasteiger partial charge on any atom is -0.363 e. The molecule has 2 aliphatic heterocycles. The summed E-state index contributed by atoms with van der Waals surface area (Å²) in [6.45, 7) is 0.988. The third kappa shape index (κ3) is 3.90. The van der Waals surface area contributed by atoms with Crippen molar-refractivity contribution in [3.05, 3.63) is 41.3 Å². The molecule has 1 aromatic heterocycles. The number of rotatable bonds is 6. The standard InChI is InChI=1S/C21H28N6O3S/c1-22-13-15-12-19(25(2)3)24-21(23-15)18-6-5-9-27(18)31(29,30)16-7-8-17-14(10-16)11-20(28)26(17)4/h7-8,10,12,18,22H,5-6,9,11,13H2,1-4H3/t18-/m0/s1. The topological polar surface area (TPSA) is 98.7 Å². The van der Waals surface area contributed by atoms with Crippen molar-refractivity contribution >= 4 is 27.4 Å². The van der Waals surface area contributed by atoms with Crippen molar-refractivity contribution in [3.63, 3.8) is 0 Å². The highest BCUT2D eigenvalue weighted by atomic mass is 32.2. The molecule has 1 atom stereocenters. The van der Waals surface area contributed by atoms with Crippen LogP contribution in [0.15, 0.2) is 29.2 Å². The van der Waals surface area contributed by atoms with Crippen molar-refractivity contribution < 1.29 is 13.2 Å². The number of fused-ring (bicyclic) bond motifs is 1. The second kappa shape index (κ2) is 8.18. The highest BCUT2D eigenvalue weighted by Crippen LogP contribution is 2.37. The molecule has 0 spiro atoms. The Hall–Kier alpha value is -2.56. The lowest BCUT2D eigenvalue weighted by Crippen LogP contribution is -2.32. The average molecular weight is 445 g/mol. The van der Waals surface area contributed by atoms with Crippen LogP contribution in [0.3, 0.4) is 0 Å². The normalized spacial score (nSPS) is 19.2. The molecule has 10 heteroatoms. The number of anilines is 2. The number of aromatic nitrogens is 2. The van der Waals surface area contributed by atoms with Crippen LogP contribution in [0.5, 0.6) is 0 Å². The molecule has 9 nitrogen and oxygen atoms in total. The first-order chi connectivity index (χ1) is 14.7. The van der Waals surface area contributed by atoms with Gasteiger partial charge >= 0.3 is 0 Å². The molecule has 166 valence electrons. The summed E-state index contributed by atoms with van der Waals surface area (Å²) in [7, 11) is 3.60. The van der Waals surface area contributed by atoms with Crippen LogP contribution in [0.4, 0.5) is 11.5 Å². The van der Waals surface area contributed by atoms with Crippen LogP contribution in [-0.4, -0.2) is 63.3 Å². The Balaban J connectivity index is 1.70. The van der Waals surface area contributed by atoms with Gasteiger partial charge in [0.25, 0.3) is 0 Å². The predicted molar refractivity (Wildman–Crippen MR) is 119 cm³/mol. The summed E-state index contributed by atoms with van der Waals surface area (Å²) in [6.07, 6.45) is 1.63. The van der Waals surface area contributed by atoms with E-state index >= 15 is 0 Å². The summed E-state index contributed by atoms with van der Waals surface area (Å²) in [5.41, 5.74) is 2.33. The molecule has 4 rings (SSSR count). The zero-order valence-electron chi connectivity index (χ0n) is 18.3. The maximum Gasteiger partial charge on any atom is 0.243 e. The van der Waals surface area contributed by atoms with Gasteiger partial charge < -0.3 is 15.1 Å². The summed E-state index contributed by atoms with van der Waals surface area (Å²) in [6, 6.07) is 6.42. The van der Waals surface area contributed by atoms with E-state index in [4.69, 9.17) is 0 Å². The Morgan fingerprint density at radius 2 is 2.00 bits per heavy atom. The fourth-order valence-corrected chi connectivity index (χ4v) is 5.89. The molecule has 1 aromatic carbocycles. The van der Waals surface area contributed by atoms with Gasteiger partial charge in [0.05, 0.1) is 23.1 Å². The lowest BCUT2D eigenvalue weighted by atomic mass is 10.2. The monoisotopic (exact) mass is 444 g/mol. The van der Waals surface area contributed by atoms with Gasteiger partial charge in [-0.2, -0.15) is 4.31 Å². The molecule has 0 unspecified atom stereocenters. The van der Waals surface area contributed by atoms with E-state index in [1.165, 1.54) is 4.31 Å². The molecule has 0 aliphatic carbocycles. The van der Waals surface area contributed by atoms with Crippen LogP contribution in [0.1, 0.15) is 36.0 Å². The molecule has 1 N–H and O–H groups in total. The SMILES string of the molecule is CNCc1cc(N(C)C)nc([C@@H]2CCCN2S(=O)(=O)c2ccc3c(c2)CC(=O)N3C)n1. The van der Waals surface area contributed by atoms with E-state index < -0.39 is 16.1 Å². The van der Waals surface area contributed by atoms with E-state index in [1.807, 2.05) is 32.1 Å². The number of amides is 1. The van der Waals surface area contributed by atoms with E-state index in [0.29, 0.717) is 25.3 Å². The number of nitrogens with zero attached hydrogens (tertiary/aromatic N) is 5. The Kier molecular flexibility index (Phi) is 5.71. The third-order valence-corrected chi connectivity index (χ3v) is 7.74. The molecule has 2 aromatic rings. The van der Waals surface area contributed by atoms with Crippen LogP contribution in [-0.2, 0) is 27.8 Å². The van der Waals surface area contributed by atoms with E-state index in [1.54, 1.807) is 30.1 Å². The van der Waals surface area contributed by atoms with Gasteiger partial charge in [-0.3, -0.25) is 4.79 Å². The van der Waals surface area contributed by atoms with Crippen LogP contribution < -0.4 is 15.1 Å². The van der Waals surface area contributed by atoms with Crippen molar-refractivity contribution in [2.45, 2.75) is 36.7 Å². The fourth-order valence-electron chi connectivity index (χ4n) is 4.18. The van der Waals surface area contributed by atoms with Crippen molar-refractivity contribution in [1.29, 1.82) is 0 Å². The van der Waals surface area contributed by atoms with Crippen LogP contribution in [0.25, 0.3) is 0 Å². The maximum absolute atomic E-state index is 13.6. The number of hydrogen-bond acceptors (Lipinski definition) is 7. The van der Waals surface area contributed by atoms with Crippen molar-refractivity contribution in [2.75, 3.05) is 44.5 Å². The fraction of sp³-hybridized carbons (Fsp3) is 0.476. The maximum atomic E-state index is 13.6. The molecule has 0 radical (unpaired) electrons. The van der Waals surface area contributed by atoms with Crippen LogP contribution >= 0.6 is 0 Å². The molecule has 0 saturated carbocycles. The van der Waals surface area contributed by atoms with Gasteiger partial charge in [0.1, 0.15) is 11.6 Å². The van der Waals surface area contributed by atoms with Crippen molar-refractivity contribution in [1.82, 2.24) is 19.6 Å². The van der Waals surface area contributed by atoms with E-state index in [0.717, 1.165) is 29.2 Å². The summed E-state index contributed by atoms with van der Waals surface area (Å²) >= 11 is 0. The number of carbonyl (C=O) groups is 1. The number of likely N-dealkylation sites (N-methyl/N-ethyl adjacent to an activating group) is 1. The number of benzene rings is 1. The van der Waals surface area contributed by atoms with Gasteiger partial charge in [0.2, 0.25) is 15.9 Å². The summed E-state index contributed by atoms with van der Waals surface area (Å²) in [5, 5.41) is 3.09. The smallest absolute Gasteiger partial charge is 0.243 e. The van der Waals surface area contributed by atoms with Crippen molar-refractivity contribution in [3.8, 4) is 0 Å². The quantitative estimate of drug-likeness (QED) is 0.717. The van der Waals surface area contributed by atoms with Crippen LogP contribution in [0, 0.1) is 0 Å². The minimum atomic E-state index is -3.76. The predicted octanol–water partition coefficient (Wildman–Crippen LogP) is 1.31. The van der Waals surface area contributed by atoms with E-state index in [9.17, 15) is 13.2 Å². The summed E-state index contributed by atoms with van der Waals surface area (Å²) in [5.74, 6) is 1.24. The van der Waals surface area contributed by atoms with Gasteiger partial charge in [-0.25, -0.2) is 18.4 Å². The van der Waals surface area contributed by atoms with E-state index in [2.05, 4.69) is 15.3 Å². The number of hydrogen-bond donors (Lipinski definition) is 1. The molecule has 0 bridgehead atoms. The largest absolute Gasteiger partial charge is 0.363 e. The second-order valence-corrected chi connectivity index (χ2v) is 10.1.